The number of anilines is 2. The number of rotatable bonds is 6. The van der Waals surface area contributed by atoms with Crippen LogP contribution in [0.1, 0.15) is 22.3 Å². The molecular weight excluding hydrogens is 356 g/mol. The van der Waals surface area contributed by atoms with Crippen molar-refractivity contribution in [1.29, 1.82) is 0 Å². The fraction of sp³-hybridized carbons (Fsp3) is 0.273. The van der Waals surface area contributed by atoms with E-state index in [-0.39, 0.29) is 5.63 Å². The number of nitrogens with zero attached hydrogens (tertiary/aromatic N) is 1. The van der Waals surface area contributed by atoms with Crippen LogP contribution in [0.25, 0.3) is 11.0 Å². The topological polar surface area (TPSA) is 54.6 Å². The second-order valence-corrected chi connectivity index (χ2v) is 7.59. The Morgan fingerprint density at radius 1 is 1.11 bits per heavy atom. The van der Waals surface area contributed by atoms with Gasteiger partial charge in [0.2, 0.25) is 0 Å². The van der Waals surface area contributed by atoms with Crippen LogP contribution in [0, 0.1) is 20.8 Å². The van der Waals surface area contributed by atoms with Crippen molar-refractivity contribution in [2.75, 3.05) is 23.9 Å². The van der Waals surface area contributed by atoms with Gasteiger partial charge >= 0.3 is 5.63 Å². The number of para-hydroxylation sites is 1. The minimum atomic E-state index is -0.383. The maximum absolute atomic E-state index is 12.6. The molecule has 3 rings (SSSR count). The Morgan fingerprint density at radius 3 is 2.52 bits per heavy atom. The van der Waals surface area contributed by atoms with Gasteiger partial charge in [-0.2, -0.15) is 11.8 Å². The van der Waals surface area contributed by atoms with Crippen molar-refractivity contribution in [3.63, 3.8) is 0 Å². The molecule has 0 atom stereocenters. The summed E-state index contributed by atoms with van der Waals surface area (Å²) in [6, 6.07) is 11.8. The molecule has 5 heteroatoms. The molecule has 140 valence electrons. The normalized spacial score (nSPS) is 11.4. The van der Waals surface area contributed by atoms with Gasteiger partial charge in [-0.05, 0) is 50.3 Å². The molecule has 0 bridgehead atoms. The molecule has 1 N–H and O–H groups in total. The fourth-order valence-corrected chi connectivity index (χ4v) is 3.51. The van der Waals surface area contributed by atoms with Crippen LogP contribution in [0.15, 0.2) is 50.6 Å². The van der Waals surface area contributed by atoms with E-state index in [2.05, 4.69) is 43.2 Å². The summed E-state index contributed by atoms with van der Waals surface area (Å²) in [7, 11) is 0. The van der Waals surface area contributed by atoms with Crippen LogP contribution in [0.4, 0.5) is 11.4 Å². The van der Waals surface area contributed by atoms with Crippen molar-refractivity contribution in [3.05, 3.63) is 69.1 Å². The van der Waals surface area contributed by atoms with Crippen molar-refractivity contribution in [2.24, 2.45) is 4.99 Å². The molecule has 0 amide bonds. The molecule has 0 aliphatic rings. The van der Waals surface area contributed by atoms with Crippen molar-refractivity contribution >= 4 is 40.3 Å². The summed E-state index contributed by atoms with van der Waals surface area (Å²) in [6.07, 6.45) is 3.67. The molecule has 3 aromatic rings. The summed E-state index contributed by atoms with van der Waals surface area (Å²) in [5, 5.41) is 4.37. The molecule has 0 fully saturated rings. The highest BCUT2D eigenvalue weighted by Gasteiger charge is 2.15. The van der Waals surface area contributed by atoms with E-state index in [1.54, 1.807) is 18.0 Å². The number of nitrogens with one attached hydrogen (secondary N) is 1. The maximum atomic E-state index is 12.6. The molecule has 0 unspecified atom stereocenters. The first kappa shape index (κ1) is 19.2. The monoisotopic (exact) mass is 380 g/mol. The minimum Gasteiger partial charge on any atom is -0.422 e. The van der Waals surface area contributed by atoms with E-state index in [0.717, 1.165) is 33.6 Å². The second kappa shape index (κ2) is 8.44. The number of hydrogen-bond acceptors (Lipinski definition) is 5. The summed E-state index contributed by atoms with van der Waals surface area (Å²) in [5.41, 5.74) is 5.87. The lowest BCUT2D eigenvalue weighted by molar-refractivity contribution is 0.560. The van der Waals surface area contributed by atoms with Gasteiger partial charge in [0.05, 0.1) is 5.69 Å². The third-order valence-corrected chi connectivity index (χ3v) is 5.01. The highest BCUT2D eigenvalue weighted by atomic mass is 32.2. The van der Waals surface area contributed by atoms with Crippen molar-refractivity contribution in [3.8, 4) is 0 Å². The lowest BCUT2D eigenvalue weighted by atomic mass is 10.0. The van der Waals surface area contributed by atoms with Gasteiger partial charge in [0, 0.05) is 29.6 Å². The Kier molecular flexibility index (Phi) is 6.01. The largest absolute Gasteiger partial charge is 0.422 e. The van der Waals surface area contributed by atoms with E-state index in [4.69, 9.17) is 4.42 Å². The van der Waals surface area contributed by atoms with Crippen molar-refractivity contribution in [2.45, 2.75) is 20.8 Å². The first-order chi connectivity index (χ1) is 13.0. The minimum absolute atomic E-state index is 0.383. The highest BCUT2D eigenvalue weighted by Crippen LogP contribution is 2.31. The zero-order valence-electron chi connectivity index (χ0n) is 16.1. The molecule has 2 aromatic carbocycles. The molecule has 0 aliphatic carbocycles. The first-order valence-electron chi connectivity index (χ1n) is 8.90. The third-order valence-electron chi connectivity index (χ3n) is 4.42. The molecule has 27 heavy (non-hydrogen) atoms. The van der Waals surface area contributed by atoms with Gasteiger partial charge < -0.3 is 9.73 Å². The standard InChI is InChI=1S/C22H24N2O2S/c1-14-11-15(2)20(16(3)12-14)24-21-17-7-5-6-8-19(17)26-22(25)18(21)13-23-9-10-27-4/h5-8,11-13,24H,9-10H2,1-4H3. The van der Waals surface area contributed by atoms with E-state index >= 15 is 0 Å². The van der Waals surface area contributed by atoms with Crippen molar-refractivity contribution < 1.29 is 4.42 Å². The predicted molar refractivity (Wildman–Crippen MR) is 117 cm³/mol. The van der Waals surface area contributed by atoms with Crippen molar-refractivity contribution in [1.82, 2.24) is 0 Å². The van der Waals surface area contributed by atoms with Gasteiger partial charge in [-0.3, -0.25) is 4.99 Å². The van der Waals surface area contributed by atoms with E-state index in [9.17, 15) is 4.79 Å². The Labute approximate surface area is 163 Å². The fourth-order valence-electron chi connectivity index (χ4n) is 3.22. The van der Waals surface area contributed by atoms with Crippen LogP contribution in [0.5, 0.6) is 0 Å². The number of thioether (sulfide) groups is 1. The summed E-state index contributed by atoms with van der Waals surface area (Å²) < 4.78 is 5.52. The lowest BCUT2D eigenvalue weighted by Crippen LogP contribution is -2.12. The zero-order chi connectivity index (χ0) is 19.4. The number of hydrogen-bond donors (Lipinski definition) is 1. The molecule has 1 aromatic heterocycles. The summed E-state index contributed by atoms with van der Waals surface area (Å²) in [6.45, 7) is 6.89. The maximum Gasteiger partial charge on any atom is 0.347 e. The number of benzene rings is 2. The summed E-state index contributed by atoms with van der Waals surface area (Å²) >= 11 is 1.72. The Morgan fingerprint density at radius 2 is 1.81 bits per heavy atom. The number of aliphatic imine (C=N–C) groups is 1. The zero-order valence-corrected chi connectivity index (χ0v) is 16.9. The van der Waals surface area contributed by atoms with Crippen LogP contribution in [0.2, 0.25) is 0 Å². The molecule has 0 aliphatic heterocycles. The number of aryl methyl sites for hydroxylation is 3. The van der Waals surface area contributed by atoms with E-state index in [1.165, 1.54) is 5.56 Å². The summed E-state index contributed by atoms with van der Waals surface area (Å²) in [5.74, 6) is 0.911. The van der Waals surface area contributed by atoms with Crippen LogP contribution in [-0.4, -0.2) is 24.8 Å². The van der Waals surface area contributed by atoms with Gasteiger partial charge in [0.15, 0.2) is 0 Å². The molecule has 0 spiro atoms. The van der Waals surface area contributed by atoms with Crippen LogP contribution in [0.3, 0.4) is 0 Å². The summed E-state index contributed by atoms with van der Waals surface area (Å²) in [4.78, 5) is 17.0. The first-order valence-corrected chi connectivity index (χ1v) is 10.3. The van der Waals surface area contributed by atoms with E-state index in [0.29, 0.717) is 17.7 Å². The molecule has 1 heterocycles. The molecule has 0 radical (unpaired) electrons. The average molecular weight is 381 g/mol. The van der Waals surface area contributed by atoms with Gasteiger partial charge in [-0.1, -0.05) is 29.8 Å². The predicted octanol–water partition coefficient (Wildman–Crippen LogP) is 5.24. The molecule has 4 nitrogen and oxygen atoms in total. The Balaban J connectivity index is 2.17. The Hall–Kier alpha value is -2.53. The van der Waals surface area contributed by atoms with Gasteiger partial charge in [0.1, 0.15) is 11.1 Å². The highest BCUT2D eigenvalue weighted by molar-refractivity contribution is 7.98. The second-order valence-electron chi connectivity index (χ2n) is 6.60. The third kappa shape index (κ3) is 4.25. The van der Waals surface area contributed by atoms with Gasteiger partial charge in [-0.25, -0.2) is 4.79 Å². The lowest BCUT2D eigenvalue weighted by Gasteiger charge is -2.16. The van der Waals surface area contributed by atoms with Crippen LogP contribution in [-0.2, 0) is 0 Å². The molecule has 0 saturated heterocycles. The van der Waals surface area contributed by atoms with Crippen LogP contribution >= 0.6 is 11.8 Å². The van der Waals surface area contributed by atoms with E-state index in [1.807, 2.05) is 30.5 Å². The average Bonchev–Trinajstić information content (AvgIpc) is 2.62. The smallest absolute Gasteiger partial charge is 0.347 e. The SMILES string of the molecule is CSCCN=Cc1c(Nc2c(C)cc(C)cc2C)c2ccccc2oc1=O. The van der Waals surface area contributed by atoms with Gasteiger partial charge in [-0.15, -0.1) is 0 Å². The Bertz CT molecular complexity index is 1030. The molecule has 0 saturated carbocycles. The quantitative estimate of drug-likeness (QED) is 0.361. The number of fused-ring (bicyclic) bond motifs is 1. The van der Waals surface area contributed by atoms with Gasteiger partial charge in [0.25, 0.3) is 0 Å². The molecular formula is C22H24N2O2S. The van der Waals surface area contributed by atoms with Crippen LogP contribution < -0.4 is 10.9 Å². The van der Waals surface area contributed by atoms with E-state index < -0.39 is 0 Å².